The summed E-state index contributed by atoms with van der Waals surface area (Å²) < 4.78 is 27.0. The molecule has 0 atom stereocenters. The summed E-state index contributed by atoms with van der Waals surface area (Å²) in [5.74, 6) is -0.288. The van der Waals surface area contributed by atoms with Crippen LogP contribution in [0.25, 0.3) is 0 Å². The Morgan fingerprint density at radius 2 is 2.04 bits per heavy atom. The number of hydrogen-bond acceptors (Lipinski definition) is 4. The number of rotatable bonds is 10. The first-order valence-electron chi connectivity index (χ1n) is 8.16. The van der Waals surface area contributed by atoms with Crippen LogP contribution in [0.1, 0.15) is 12.0 Å². The summed E-state index contributed by atoms with van der Waals surface area (Å²) in [5.41, 5.74) is 1.04. The van der Waals surface area contributed by atoms with E-state index in [1.54, 1.807) is 12.5 Å². The number of aromatic nitrogens is 2. The second-order valence-corrected chi connectivity index (χ2v) is 7.82. The van der Waals surface area contributed by atoms with Crippen molar-refractivity contribution < 1.29 is 13.2 Å². The molecule has 0 radical (unpaired) electrons. The summed E-state index contributed by atoms with van der Waals surface area (Å²) >= 11 is 0. The van der Waals surface area contributed by atoms with Crippen LogP contribution in [0.15, 0.2) is 49.1 Å². The number of amides is 1. The van der Waals surface area contributed by atoms with Crippen LogP contribution in [0.2, 0.25) is 0 Å². The molecule has 0 bridgehead atoms. The highest BCUT2D eigenvalue weighted by atomic mass is 32.2. The van der Waals surface area contributed by atoms with Crippen LogP contribution in [0, 0.1) is 0 Å². The Balaban J connectivity index is 1.77. The first kappa shape index (κ1) is 19.1. The Hall–Kier alpha value is -2.19. The van der Waals surface area contributed by atoms with Gasteiger partial charge in [-0.25, -0.2) is 13.4 Å². The van der Waals surface area contributed by atoms with Crippen molar-refractivity contribution in [2.24, 2.45) is 0 Å². The number of benzene rings is 1. The zero-order chi connectivity index (χ0) is 18.1. The maximum absolute atomic E-state index is 12.0. The van der Waals surface area contributed by atoms with Gasteiger partial charge in [0.05, 0.1) is 19.1 Å². The van der Waals surface area contributed by atoms with Gasteiger partial charge in [0, 0.05) is 32.0 Å². The van der Waals surface area contributed by atoms with E-state index in [1.807, 2.05) is 41.1 Å². The predicted molar refractivity (Wildman–Crippen MR) is 96.4 cm³/mol. The van der Waals surface area contributed by atoms with E-state index >= 15 is 0 Å². The smallest absolute Gasteiger partial charge is 0.235 e. The van der Waals surface area contributed by atoms with Gasteiger partial charge in [-0.1, -0.05) is 30.3 Å². The lowest BCUT2D eigenvalue weighted by atomic mass is 10.1. The summed E-state index contributed by atoms with van der Waals surface area (Å²) in [6.07, 6.45) is 7.74. The van der Waals surface area contributed by atoms with Crippen molar-refractivity contribution in [3.05, 3.63) is 54.6 Å². The van der Waals surface area contributed by atoms with E-state index in [0.29, 0.717) is 13.0 Å². The minimum atomic E-state index is -3.44. The minimum absolute atomic E-state index is 0.156. The first-order chi connectivity index (χ1) is 11.9. The van der Waals surface area contributed by atoms with E-state index < -0.39 is 10.0 Å². The molecule has 0 aliphatic heterocycles. The SMILES string of the molecule is CS(=O)(=O)N(CCc1ccccc1)CC(=O)NCCCn1ccnc1. The third-order valence-corrected chi connectivity index (χ3v) is 5.01. The van der Waals surface area contributed by atoms with Crippen molar-refractivity contribution in [3.63, 3.8) is 0 Å². The Labute approximate surface area is 148 Å². The molecule has 8 heteroatoms. The number of aryl methyl sites for hydroxylation is 1. The molecule has 2 aromatic rings. The van der Waals surface area contributed by atoms with Crippen LogP contribution in [0.4, 0.5) is 0 Å². The van der Waals surface area contributed by atoms with Crippen molar-refractivity contribution in [1.29, 1.82) is 0 Å². The van der Waals surface area contributed by atoms with Crippen LogP contribution < -0.4 is 5.32 Å². The Morgan fingerprint density at radius 1 is 1.28 bits per heavy atom. The third kappa shape index (κ3) is 7.06. The lowest BCUT2D eigenvalue weighted by molar-refractivity contribution is -0.121. The number of carbonyl (C=O) groups excluding carboxylic acids is 1. The molecule has 1 aromatic heterocycles. The summed E-state index contributed by atoms with van der Waals surface area (Å²) in [7, 11) is -3.44. The number of nitrogens with one attached hydrogen (secondary N) is 1. The zero-order valence-electron chi connectivity index (χ0n) is 14.3. The maximum Gasteiger partial charge on any atom is 0.235 e. The molecule has 0 unspecified atom stereocenters. The molecule has 0 spiro atoms. The standard InChI is InChI=1S/C17H24N4O3S/c1-25(23,24)21(12-8-16-6-3-2-4-7-16)14-17(22)19-9-5-11-20-13-10-18-15-20/h2-4,6-7,10,13,15H,5,8-9,11-12,14H2,1H3,(H,19,22). The van der Waals surface area contributed by atoms with Crippen molar-refractivity contribution in [1.82, 2.24) is 19.2 Å². The van der Waals surface area contributed by atoms with Gasteiger partial charge in [0.25, 0.3) is 0 Å². The van der Waals surface area contributed by atoms with E-state index in [4.69, 9.17) is 0 Å². The Kier molecular flexibility index (Phi) is 7.15. The molecular weight excluding hydrogens is 340 g/mol. The zero-order valence-corrected chi connectivity index (χ0v) is 15.2. The number of imidazole rings is 1. The van der Waals surface area contributed by atoms with Crippen LogP contribution in [-0.2, 0) is 27.8 Å². The van der Waals surface area contributed by atoms with Crippen molar-refractivity contribution in [2.75, 3.05) is 25.9 Å². The second kappa shape index (κ2) is 9.33. The van der Waals surface area contributed by atoms with E-state index in [9.17, 15) is 13.2 Å². The number of nitrogens with zero attached hydrogens (tertiary/aromatic N) is 3. The average Bonchev–Trinajstić information content (AvgIpc) is 3.09. The van der Waals surface area contributed by atoms with E-state index in [2.05, 4.69) is 10.3 Å². The molecule has 0 aliphatic carbocycles. The summed E-state index contributed by atoms with van der Waals surface area (Å²) in [5, 5.41) is 2.77. The van der Waals surface area contributed by atoms with Crippen molar-refractivity contribution >= 4 is 15.9 Å². The number of carbonyl (C=O) groups is 1. The molecule has 7 nitrogen and oxygen atoms in total. The van der Waals surface area contributed by atoms with Crippen LogP contribution in [0.3, 0.4) is 0 Å². The molecule has 1 N–H and O–H groups in total. The molecule has 2 rings (SSSR count). The molecule has 136 valence electrons. The Morgan fingerprint density at radius 3 is 2.68 bits per heavy atom. The van der Waals surface area contributed by atoms with E-state index in [0.717, 1.165) is 24.8 Å². The topological polar surface area (TPSA) is 84.3 Å². The summed E-state index contributed by atoms with van der Waals surface area (Å²) in [6, 6.07) is 9.61. The van der Waals surface area contributed by atoms with Crippen molar-refractivity contribution in [2.45, 2.75) is 19.4 Å². The van der Waals surface area contributed by atoms with Crippen LogP contribution in [0.5, 0.6) is 0 Å². The highest BCUT2D eigenvalue weighted by molar-refractivity contribution is 7.88. The lowest BCUT2D eigenvalue weighted by Crippen LogP contribution is -2.41. The van der Waals surface area contributed by atoms with Gasteiger partial charge in [0.15, 0.2) is 0 Å². The summed E-state index contributed by atoms with van der Waals surface area (Å²) in [4.78, 5) is 16.0. The molecule has 1 heterocycles. The third-order valence-electron chi connectivity index (χ3n) is 3.76. The van der Waals surface area contributed by atoms with Gasteiger partial charge in [0.2, 0.25) is 15.9 Å². The Bertz CT molecular complexity index is 745. The molecule has 0 saturated heterocycles. The molecule has 1 amide bonds. The molecule has 0 aliphatic rings. The second-order valence-electron chi connectivity index (χ2n) is 5.84. The normalized spacial score (nSPS) is 11.6. The minimum Gasteiger partial charge on any atom is -0.355 e. The van der Waals surface area contributed by atoms with E-state index in [-0.39, 0.29) is 19.0 Å². The van der Waals surface area contributed by atoms with Gasteiger partial charge in [-0.05, 0) is 18.4 Å². The largest absolute Gasteiger partial charge is 0.355 e. The predicted octanol–water partition coefficient (Wildman–Crippen LogP) is 0.894. The molecular formula is C17H24N4O3S. The van der Waals surface area contributed by atoms with Gasteiger partial charge in [0.1, 0.15) is 0 Å². The van der Waals surface area contributed by atoms with Gasteiger partial charge < -0.3 is 9.88 Å². The fourth-order valence-corrected chi connectivity index (χ4v) is 3.16. The quantitative estimate of drug-likeness (QED) is 0.635. The average molecular weight is 364 g/mol. The molecule has 25 heavy (non-hydrogen) atoms. The molecule has 0 saturated carbocycles. The van der Waals surface area contributed by atoms with Gasteiger partial charge >= 0.3 is 0 Å². The monoisotopic (exact) mass is 364 g/mol. The van der Waals surface area contributed by atoms with E-state index in [1.165, 1.54) is 4.31 Å². The first-order valence-corrected chi connectivity index (χ1v) is 10.0. The molecule has 0 fully saturated rings. The number of hydrogen-bond donors (Lipinski definition) is 1. The van der Waals surface area contributed by atoms with Gasteiger partial charge in [-0.3, -0.25) is 4.79 Å². The fourth-order valence-electron chi connectivity index (χ4n) is 2.39. The van der Waals surface area contributed by atoms with Gasteiger partial charge in [-0.15, -0.1) is 0 Å². The highest BCUT2D eigenvalue weighted by Gasteiger charge is 2.19. The molecule has 1 aromatic carbocycles. The van der Waals surface area contributed by atoms with Gasteiger partial charge in [-0.2, -0.15) is 4.31 Å². The summed E-state index contributed by atoms with van der Waals surface area (Å²) in [6.45, 7) is 1.37. The van der Waals surface area contributed by atoms with Crippen LogP contribution in [-0.4, -0.2) is 54.1 Å². The maximum atomic E-state index is 12.0. The number of sulfonamides is 1. The van der Waals surface area contributed by atoms with Crippen LogP contribution >= 0.6 is 0 Å². The van der Waals surface area contributed by atoms with Crippen molar-refractivity contribution in [3.8, 4) is 0 Å². The lowest BCUT2D eigenvalue weighted by Gasteiger charge is -2.19. The fraction of sp³-hybridized carbons (Fsp3) is 0.412. The highest BCUT2D eigenvalue weighted by Crippen LogP contribution is 2.04.